The Morgan fingerprint density at radius 3 is 1.80 bits per heavy atom. The largest absolute Gasteiger partial charge is 0.870 e. The zero-order chi connectivity index (χ0) is 11.8. The van der Waals surface area contributed by atoms with Gasteiger partial charge in [-0.3, -0.25) is 4.79 Å². The van der Waals surface area contributed by atoms with Crippen molar-refractivity contribution in [1.29, 1.82) is 0 Å². The van der Waals surface area contributed by atoms with Gasteiger partial charge in [-0.1, -0.05) is 0 Å². The lowest BCUT2D eigenvalue weighted by atomic mass is 10.4. The van der Waals surface area contributed by atoms with E-state index in [0.717, 1.165) is 4.48 Å². The summed E-state index contributed by atoms with van der Waals surface area (Å²) in [6, 6.07) is 0. The van der Waals surface area contributed by atoms with E-state index in [0.29, 0.717) is 6.61 Å². The normalized spacial score (nSPS) is 11.7. The van der Waals surface area contributed by atoms with E-state index in [1.54, 1.807) is 14.0 Å². The van der Waals surface area contributed by atoms with Crippen LogP contribution in [0, 0.1) is 0 Å². The molecule has 0 aliphatic heterocycles. The molecular weight excluding hydrogens is 198 g/mol. The molecule has 0 aromatic carbocycles. The maximum Gasteiger partial charge on any atom is 0.302 e. The number of esters is 1. The number of rotatable bonds is 3. The van der Waals surface area contributed by atoms with Gasteiger partial charge in [-0.05, 0) is 6.92 Å². The fourth-order valence-corrected chi connectivity index (χ4v) is 0.552. The van der Waals surface area contributed by atoms with E-state index in [4.69, 9.17) is 9.47 Å². The van der Waals surface area contributed by atoms with Crippen LogP contribution in [0.3, 0.4) is 0 Å². The minimum absolute atomic E-state index is 0. The van der Waals surface area contributed by atoms with E-state index in [1.165, 1.54) is 6.92 Å². The Morgan fingerprint density at radius 1 is 1.27 bits per heavy atom. The maximum absolute atomic E-state index is 10.3. The Kier molecular flexibility index (Phi) is 13.1. The van der Waals surface area contributed by atoms with Crippen molar-refractivity contribution >= 4 is 5.97 Å². The molecule has 5 heteroatoms. The topological polar surface area (TPSA) is 65.5 Å². The molecule has 0 fully saturated rings. The number of carbonyl (C=O) groups is 1. The Hall–Kier alpha value is -0.650. The lowest BCUT2D eigenvalue weighted by Gasteiger charge is -2.14. The molecule has 0 aromatic rings. The molecule has 0 saturated heterocycles. The molecule has 0 aliphatic rings. The number of nitrogens with zero attached hydrogens (tertiary/aromatic N) is 1. The second-order valence-electron chi connectivity index (χ2n) is 4.56. The first-order chi connectivity index (χ1) is 6.16. The summed E-state index contributed by atoms with van der Waals surface area (Å²) in [7, 11) is 10.1. The van der Waals surface area contributed by atoms with E-state index in [1.807, 2.05) is 0 Å². The number of hydrogen-bond acceptors (Lipinski definition) is 4. The van der Waals surface area contributed by atoms with Crippen LogP contribution in [0.4, 0.5) is 0 Å². The molecule has 0 amide bonds. The molecule has 1 N–H and O–H groups in total. The molecule has 0 rings (SSSR count). The van der Waals surface area contributed by atoms with Crippen molar-refractivity contribution in [3.8, 4) is 0 Å². The van der Waals surface area contributed by atoms with Gasteiger partial charge in [0.1, 0.15) is 6.10 Å². The summed E-state index contributed by atoms with van der Waals surface area (Å²) in [6.45, 7) is 3.62. The number of methoxy groups -OCH3 is 1. The second-order valence-corrected chi connectivity index (χ2v) is 4.56. The summed E-state index contributed by atoms with van der Waals surface area (Å²) in [5.41, 5.74) is 0. The Balaban J connectivity index is -0.000000208. The minimum atomic E-state index is -0.264. The van der Waals surface area contributed by atoms with Gasteiger partial charge in [0.2, 0.25) is 0 Å². The average Bonchev–Trinajstić information content (AvgIpc) is 1.80. The third kappa shape index (κ3) is 42.7. The highest BCUT2D eigenvalue weighted by molar-refractivity contribution is 5.66. The standard InChI is InChI=1S/C6H12O3.C4H12N.H2O/c1-5(4-8-3)9-6(2)7;1-5(2,3)4;/h5H,4H2,1-3H3;1-4H3;1H2/q;+1;/p-1. The third-order valence-corrected chi connectivity index (χ3v) is 0.769. The van der Waals surface area contributed by atoms with Crippen molar-refractivity contribution in [1.82, 2.24) is 0 Å². The molecule has 0 aliphatic carbocycles. The highest BCUT2D eigenvalue weighted by Crippen LogP contribution is 1.90. The molecule has 0 spiro atoms. The smallest absolute Gasteiger partial charge is 0.302 e. The summed E-state index contributed by atoms with van der Waals surface area (Å²) in [5.74, 6) is -0.264. The first-order valence-electron chi connectivity index (χ1n) is 4.62. The average molecular weight is 223 g/mol. The van der Waals surface area contributed by atoms with Crippen LogP contribution < -0.4 is 0 Å². The quantitative estimate of drug-likeness (QED) is 0.522. The van der Waals surface area contributed by atoms with Crippen molar-refractivity contribution in [2.45, 2.75) is 20.0 Å². The molecule has 0 radical (unpaired) electrons. The van der Waals surface area contributed by atoms with Crippen molar-refractivity contribution in [3.05, 3.63) is 0 Å². The second kappa shape index (κ2) is 9.89. The van der Waals surface area contributed by atoms with Crippen LogP contribution in [0.5, 0.6) is 0 Å². The van der Waals surface area contributed by atoms with E-state index in [2.05, 4.69) is 28.2 Å². The summed E-state index contributed by atoms with van der Waals surface area (Å²) in [6.07, 6.45) is -0.132. The van der Waals surface area contributed by atoms with Crippen molar-refractivity contribution in [2.24, 2.45) is 0 Å². The third-order valence-electron chi connectivity index (χ3n) is 0.769. The predicted molar refractivity (Wildman–Crippen MR) is 59.0 cm³/mol. The van der Waals surface area contributed by atoms with Gasteiger partial charge in [0, 0.05) is 14.0 Å². The summed E-state index contributed by atoms with van der Waals surface area (Å²) in [4.78, 5) is 10.3. The SMILES string of the molecule is COCC(C)OC(C)=O.C[N+](C)(C)C.[OH-]. The van der Waals surface area contributed by atoms with Gasteiger partial charge in [-0.25, -0.2) is 0 Å². The maximum atomic E-state index is 10.3. The Bertz CT molecular complexity index is 148. The van der Waals surface area contributed by atoms with E-state index in [9.17, 15) is 4.79 Å². The lowest BCUT2D eigenvalue weighted by molar-refractivity contribution is -0.849. The molecule has 1 unspecified atom stereocenters. The van der Waals surface area contributed by atoms with Crippen molar-refractivity contribution in [3.63, 3.8) is 0 Å². The molecule has 94 valence electrons. The molecule has 0 aromatic heterocycles. The highest BCUT2D eigenvalue weighted by atomic mass is 16.6. The predicted octanol–water partition coefficient (Wildman–Crippen LogP) is 0.730. The first kappa shape index (κ1) is 19.9. The molecular formula is C10H25NO4. The van der Waals surface area contributed by atoms with Gasteiger partial charge in [-0.2, -0.15) is 0 Å². The molecule has 0 saturated carbocycles. The van der Waals surface area contributed by atoms with Gasteiger partial charge < -0.3 is 19.4 Å². The first-order valence-corrected chi connectivity index (χ1v) is 4.62. The molecule has 0 bridgehead atoms. The summed E-state index contributed by atoms with van der Waals surface area (Å²) in [5, 5.41) is 0. The van der Waals surface area contributed by atoms with Crippen molar-refractivity contribution in [2.75, 3.05) is 41.9 Å². The zero-order valence-corrected chi connectivity index (χ0v) is 10.9. The summed E-state index contributed by atoms with van der Waals surface area (Å²) >= 11 is 0. The van der Waals surface area contributed by atoms with Gasteiger partial charge in [-0.15, -0.1) is 0 Å². The van der Waals surface area contributed by atoms with Gasteiger partial charge in [0.15, 0.2) is 0 Å². The van der Waals surface area contributed by atoms with E-state index in [-0.39, 0.29) is 17.5 Å². The van der Waals surface area contributed by atoms with Crippen LogP contribution in [-0.4, -0.2) is 63.9 Å². The number of ether oxygens (including phenoxy) is 2. The minimum Gasteiger partial charge on any atom is -0.870 e. The van der Waals surface area contributed by atoms with Gasteiger partial charge in [0.25, 0.3) is 0 Å². The zero-order valence-electron chi connectivity index (χ0n) is 10.9. The van der Waals surface area contributed by atoms with Gasteiger partial charge >= 0.3 is 5.97 Å². The van der Waals surface area contributed by atoms with Crippen LogP contribution in [0.25, 0.3) is 0 Å². The van der Waals surface area contributed by atoms with Gasteiger partial charge in [0.05, 0.1) is 34.8 Å². The molecule has 5 nitrogen and oxygen atoms in total. The van der Waals surface area contributed by atoms with Crippen LogP contribution in [0.1, 0.15) is 13.8 Å². The highest BCUT2D eigenvalue weighted by Gasteiger charge is 2.02. The van der Waals surface area contributed by atoms with E-state index >= 15 is 0 Å². The lowest BCUT2D eigenvalue weighted by Crippen LogP contribution is -2.27. The number of quaternary nitrogens is 1. The summed E-state index contributed by atoms with van der Waals surface area (Å²) < 4.78 is 10.5. The van der Waals surface area contributed by atoms with Crippen LogP contribution in [0.15, 0.2) is 0 Å². The fourth-order valence-electron chi connectivity index (χ4n) is 0.552. The monoisotopic (exact) mass is 223 g/mol. The Labute approximate surface area is 92.9 Å². The van der Waals surface area contributed by atoms with Crippen LogP contribution in [0.2, 0.25) is 0 Å². The molecule has 1 atom stereocenters. The van der Waals surface area contributed by atoms with Crippen molar-refractivity contribution < 1.29 is 24.2 Å². The number of hydrogen-bond donors (Lipinski definition) is 0. The molecule has 0 heterocycles. The fraction of sp³-hybridized carbons (Fsp3) is 0.900. The molecule has 15 heavy (non-hydrogen) atoms. The Morgan fingerprint density at radius 2 is 1.60 bits per heavy atom. The van der Waals surface area contributed by atoms with Crippen LogP contribution in [-0.2, 0) is 14.3 Å². The van der Waals surface area contributed by atoms with Crippen LogP contribution >= 0.6 is 0 Å². The van der Waals surface area contributed by atoms with E-state index < -0.39 is 0 Å². The number of carbonyl (C=O) groups excluding carboxylic acids is 1.